The van der Waals surface area contributed by atoms with E-state index in [1.807, 2.05) is 0 Å². The van der Waals surface area contributed by atoms with E-state index >= 15 is 0 Å². The molecule has 1 aromatic carbocycles. The van der Waals surface area contributed by atoms with Crippen molar-refractivity contribution < 1.29 is 9.59 Å². The van der Waals surface area contributed by atoms with E-state index in [9.17, 15) is 9.59 Å². The minimum atomic E-state index is -0.364. The Bertz CT molecular complexity index is 449. The van der Waals surface area contributed by atoms with Crippen LogP contribution in [0.4, 0.5) is 5.69 Å². The monoisotopic (exact) mass is 237 g/mol. The van der Waals surface area contributed by atoms with Crippen molar-refractivity contribution >= 4 is 35.1 Å². The van der Waals surface area contributed by atoms with Gasteiger partial charge in [0.15, 0.2) is 0 Å². The number of hydrogen-bond donors (Lipinski definition) is 2. The molecule has 1 aromatic rings. The van der Waals surface area contributed by atoms with Gasteiger partial charge in [-0.1, -0.05) is 11.6 Å². The molecule has 82 valence electrons. The first-order valence-corrected chi connectivity index (χ1v) is 4.95. The summed E-state index contributed by atoms with van der Waals surface area (Å²) in [4.78, 5) is 26.2. The van der Waals surface area contributed by atoms with E-state index in [0.717, 1.165) is 0 Å². The van der Waals surface area contributed by atoms with Crippen LogP contribution < -0.4 is 10.6 Å². The second-order valence-electron chi connectivity index (χ2n) is 3.21. The Morgan fingerprint density at radius 2 is 1.62 bits per heavy atom. The maximum absolute atomic E-state index is 11.1. The van der Waals surface area contributed by atoms with E-state index in [2.05, 4.69) is 15.6 Å². The molecule has 0 atom stereocenters. The zero-order valence-electron chi connectivity index (χ0n) is 8.16. The lowest BCUT2D eigenvalue weighted by Gasteiger charge is -2.14. The van der Waals surface area contributed by atoms with Crippen molar-refractivity contribution in [2.24, 2.45) is 4.99 Å². The van der Waals surface area contributed by atoms with Crippen molar-refractivity contribution in [1.29, 1.82) is 0 Å². The van der Waals surface area contributed by atoms with Crippen molar-refractivity contribution in [2.75, 3.05) is 0 Å². The van der Waals surface area contributed by atoms with Crippen LogP contribution in [-0.2, 0) is 9.59 Å². The van der Waals surface area contributed by atoms with Crippen LogP contribution in [0.3, 0.4) is 0 Å². The van der Waals surface area contributed by atoms with Gasteiger partial charge in [0.2, 0.25) is 17.8 Å². The van der Waals surface area contributed by atoms with Gasteiger partial charge in [-0.15, -0.1) is 0 Å². The van der Waals surface area contributed by atoms with Crippen LogP contribution in [-0.4, -0.2) is 17.8 Å². The summed E-state index contributed by atoms with van der Waals surface area (Å²) in [6.07, 6.45) is -0.167. The van der Waals surface area contributed by atoms with E-state index in [1.165, 1.54) is 0 Å². The van der Waals surface area contributed by atoms with Gasteiger partial charge in [-0.05, 0) is 24.3 Å². The van der Waals surface area contributed by atoms with Gasteiger partial charge in [0.05, 0.1) is 5.69 Å². The fraction of sp³-hybridized carbons (Fsp3) is 0.100. The van der Waals surface area contributed by atoms with Crippen LogP contribution in [0.25, 0.3) is 0 Å². The summed E-state index contributed by atoms with van der Waals surface area (Å²) in [5, 5.41) is 5.51. The molecule has 0 radical (unpaired) electrons. The van der Waals surface area contributed by atoms with E-state index < -0.39 is 0 Å². The number of benzene rings is 1. The maximum Gasteiger partial charge on any atom is 0.236 e. The normalized spacial score (nSPS) is 15.4. The predicted molar refractivity (Wildman–Crippen MR) is 59.4 cm³/mol. The molecule has 2 N–H and O–H groups in total. The first-order valence-electron chi connectivity index (χ1n) is 4.57. The highest BCUT2D eigenvalue weighted by atomic mass is 35.5. The Balaban J connectivity index is 2.20. The fourth-order valence-corrected chi connectivity index (χ4v) is 1.36. The van der Waals surface area contributed by atoms with Gasteiger partial charge >= 0.3 is 0 Å². The average Bonchev–Trinajstić information content (AvgIpc) is 2.20. The van der Waals surface area contributed by atoms with Gasteiger partial charge in [0.25, 0.3) is 0 Å². The molecule has 6 heteroatoms. The molecule has 1 fully saturated rings. The van der Waals surface area contributed by atoms with Crippen molar-refractivity contribution in [1.82, 2.24) is 10.6 Å². The summed E-state index contributed by atoms with van der Waals surface area (Å²) >= 11 is 5.71. The highest BCUT2D eigenvalue weighted by Gasteiger charge is 2.19. The largest absolute Gasteiger partial charge is 0.296 e. The molecular formula is C10H8ClN3O2. The molecule has 0 bridgehead atoms. The average molecular weight is 238 g/mol. The van der Waals surface area contributed by atoms with Crippen molar-refractivity contribution in [3.05, 3.63) is 29.3 Å². The number of aliphatic imine (C=N–C) groups is 1. The van der Waals surface area contributed by atoms with Gasteiger partial charge in [-0.3, -0.25) is 20.2 Å². The molecule has 0 saturated carbocycles. The second kappa shape index (κ2) is 4.32. The number of carbonyl (C=O) groups is 2. The lowest BCUT2D eigenvalue weighted by molar-refractivity contribution is -0.129. The lowest BCUT2D eigenvalue weighted by atomic mass is 10.3. The van der Waals surface area contributed by atoms with E-state index in [0.29, 0.717) is 10.7 Å². The summed E-state index contributed by atoms with van der Waals surface area (Å²) in [6.45, 7) is 0. The summed E-state index contributed by atoms with van der Waals surface area (Å²) in [5.41, 5.74) is 0.599. The Hall–Kier alpha value is -1.88. The molecule has 0 aliphatic carbocycles. The number of rotatable bonds is 1. The minimum absolute atomic E-state index is 0.142. The third-order valence-electron chi connectivity index (χ3n) is 1.90. The zero-order valence-corrected chi connectivity index (χ0v) is 8.91. The Kier molecular flexibility index (Phi) is 2.87. The van der Waals surface area contributed by atoms with Gasteiger partial charge in [-0.2, -0.15) is 0 Å². The van der Waals surface area contributed by atoms with Crippen LogP contribution in [0, 0.1) is 0 Å². The number of halogens is 1. The summed E-state index contributed by atoms with van der Waals surface area (Å²) in [6, 6.07) is 6.71. The van der Waals surface area contributed by atoms with Crippen LogP contribution in [0.2, 0.25) is 5.02 Å². The number of nitrogens with zero attached hydrogens (tertiary/aromatic N) is 1. The van der Waals surface area contributed by atoms with Gasteiger partial charge in [0.1, 0.15) is 6.42 Å². The maximum atomic E-state index is 11.1. The van der Waals surface area contributed by atoms with E-state index in [1.54, 1.807) is 24.3 Å². The Morgan fingerprint density at radius 3 is 2.19 bits per heavy atom. The quantitative estimate of drug-likeness (QED) is 0.715. The topological polar surface area (TPSA) is 70.6 Å². The van der Waals surface area contributed by atoms with Gasteiger partial charge in [-0.25, -0.2) is 4.99 Å². The SMILES string of the molecule is O=C1CC(=O)NC(=Nc2ccc(Cl)cc2)N1. The molecule has 1 aliphatic heterocycles. The lowest BCUT2D eigenvalue weighted by Crippen LogP contribution is -2.50. The van der Waals surface area contributed by atoms with E-state index in [4.69, 9.17) is 11.6 Å². The molecule has 1 saturated heterocycles. The smallest absolute Gasteiger partial charge is 0.236 e. The summed E-state index contributed by atoms with van der Waals surface area (Å²) < 4.78 is 0. The van der Waals surface area contributed by atoms with Crippen molar-refractivity contribution in [2.45, 2.75) is 6.42 Å². The Labute approximate surface area is 96.5 Å². The molecule has 2 amide bonds. The number of carbonyl (C=O) groups excluding carboxylic acids is 2. The molecule has 1 heterocycles. The molecule has 2 rings (SSSR count). The second-order valence-corrected chi connectivity index (χ2v) is 3.65. The first-order chi connectivity index (χ1) is 7.63. The van der Waals surface area contributed by atoms with E-state index in [-0.39, 0.29) is 24.2 Å². The van der Waals surface area contributed by atoms with Gasteiger partial charge in [0, 0.05) is 5.02 Å². The fourth-order valence-electron chi connectivity index (χ4n) is 1.23. The van der Waals surface area contributed by atoms with Crippen LogP contribution in [0.1, 0.15) is 6.42 Å². The molecule has 0 aromatic heterocycles. The summed E-state index contributed by atoms with van der Waals surface area (Å²) in [5.74, 6) is -0.587. The molecule has 16 heavy (non-hydrogen) atoms. The number of amides is 2. The number of hydrogen-bond acceptors (Lipinski definition) is 3. The molecule has 0 spiro atoms. The zero-order chi connectivity index (χ0) is 11.5. The minimum Gasteiger partial charge on any atom is -0.296 e. The molecule has 5 nitrogen and oxygen atoms in total. The first kappa shape index (κ1) is 10.6. The summed E-state index contributed by atoms with van der Waals surface area (Å²) in [7, 11) is 0. The third kappa shape index (κ3) is 2.58. The van der Waals surface area contributed by atoms with Crippen LogP contribution in [0.5, 0.6) is 0 Å². The third-order valence-corrected chi connectivity index (χ3v) is 2.16. The molecule has 0 unspecified atom stereocenters. The van der Waals surface area contributed by atoms with Crippen molar-refractivity contribution in [3.63, 3.8) is 0 Å². The Morgan fingerprint density at radius 1 is 1.06 bits per heavy atom. The number of nitrogens with one attached hydrogen (secondary N) is 2. The molecular weight excluding hydrogens is 230 g/mol. The highest BCUT2D eigenvalue weighted by Crippen LogP contribution is 2.16. The molecule has 1 aliphatic rings. The standard InChI is InChI=1S/C10H8ClN3O2/c11-6-1-3-7(4-2-6)12-10-13-8(15)5-9(16)14-10/h1-4H,5H2,(H2,12,13,14,15,16). The number of guanidine groups is 1. The van der Waals surface area contributed by atoms with Crippen LogP contribution >= 0.6 is 11.6 Å². The predicted octanol–water partition coefficient (Wildman–Crippen LogP) is 0.964. The van der Waals surface area contributed by atoms with Crippen molar-refractivity contribution in [3.8, 4) is 0 Å². The highest BCUT2D eigenvalue weighted by molar-refractivity contribution is 6.30. The van der Waals surface area contributed by atoms with Crippen LogP contribution in [0.15, 0.2) is 29.3 Å². The van der Waals surface area contributed by atoms with Gasteiger partial charge < -0.3 is 0 Å².